The van der Waals surface area contributed by atoms with E-state index < -0.39 is 26.0 Å². The van der Waals surface area contributed by atoms with Crippen LogP contribution in [0.2, 0.25) is 18.1 Å². The summed E-state index contributed by atoms with van der Waals surface area (Å²) < 4.78 is 18.5. The molecule has 2 bridgehead atoms. The molecule has 4 rings (SSSR count). The van der Waals surface area contributed by atoms with E-state index in [0.717, 1.165) is 38.6 Å². The Kier molecular flexibility index (Phi) is 5.11. The van der Waals surface area contributed by atoms with Gasteiger partial charge in [-0.3, -0.25) is 0 Å². The summed E-state index contributed by atoms with van der Waals surface area (Å²) in [6.45, 7) is 12.0. The van der Waals surface area contributed by atoms with Crippen molar-refractivity contribution in [1.82, 2.24) is 5.48 Å². The quantitative estimate of drug-likeness (QED) is 0.352. The van der Waals surface area contributed by atoms with Crippen LogP contribution in [0.5, 0.6) is 0 Å². The Labute approximate surface area is 170 Å². The van der Waals surface area contributed by atoms with Gasteiger partial charge in [0.1, 0.15) is 5.60 Å². The van der Waals surface area contributed by atoms with Crippen LogP contribution < -0.4 is 5.48 Å². The Bertz CT molecular complexity index is 592. The first kappa shape index (κ1) is 21.2. The second-order valence-corrected chi connectivity index (χ2v) is 15.8. The molecule has 3 N–H and O–H groups in total. The largest absolute Gasteiger partial charge is 0.368 e. The minimum absolute atomic E-state index is 0.0385. The summed E-state index contributed by atoms with van der Waals surface area (Å²) in [6, 6.07) is 0. The van der Waals surface area contributed by atoms with E-state index in [4.69, 9.17) is 14.0 Å². The maximum atomic E-state index is 11.4. The molecule has 0 amide bonds. The van der Waals surface area contributed by atoms with Crippen LogP contribution >= 0.6 is 0 Å². The summed E-state index contributed by atoms with van der Waals surface area (Å²) in [6.07, 6.45) is 6.30. The van der Waals surface area contributed by atoms with E-state index in [1.54, 1.807) is 0 Å². The minimum atomic E-state index is -1.81. The lowest BCUT2D eigenvalue weighted by Gasteiger charge is -2.48. The van der Waals surface area contributed by atoms with E-state index >= 15 is 0 Å². The van der Waals surface area contributed by atoms with Gasteiger partial charge in [-0.25, -0.2) is 5.48 Å². The van der Waals surface area contributed by atoms with Gasteiger partial charge in [-0.1, -0.05) is 27.2 Å². The monoisotopic (exact) mass is 413 g/mol. The van der Waals surface area contributed by atoms with Crippen molar-refractivity contribution in [2.75, 3.05) is 6.54 Å². The van der Waals surface area contributed by atoms with Crippen molar-refractivity contribution < 1.29 is 24.2 Å². The van der Waals surface area contributed by atoms with Gasteiger partial charge in [-0.05, 0) is 56.2 Å². The van der Waals surface area contributed by atoms with Crippen molar-refractivity contribution in [3.8, 4) is 0 Å². The Balaban J connectivity index is 1.45. The predicted molar refractivity (Wildman–Crippen MR) is 109 cm³/mol. The zero-order chi connectivity index (χ0) is 20.4. The molecule has 2 saturated carbocycles. The number of ether oxygens (including phenoxy) is 2. The van der Waals surface area contributed by atoms with Gasteiger partial charge in [0, 0.05) is 24.8 Å². The molecular weight excluding hydrogens is 374 g/mol. The molecular formula is C21H39NO5Si. The fourth-order valence-electron chi connectivity index (χ4n) is 6.32. The highest BCUT2D eigenvalue weighted by atomic mass is 28.4. The number of aliphatic hydroxyl groups is 2. The molecule has 0 radical (unpaired) electrons. The fourth-order valence-corrected chi connectivity index (χ4v) is 7.09. The minimum Gasteiger partial charge on any atom is -0.368 e. The molecule has 0 aromatic heterocycles. The van der Waals surface area contributed by atoms with Gasteiger partial charge in [-0.2, -0.15) is 0 Å². The van der Waals surface area contributed by atoms with Crippen molar-refractivity contribution >= 4 is 8.32 Å². The number of rotatable bonds is 6. The maximum absolute atomic E-state index is 11.4. The lowest BCUT2D eigenvalue weighted by Crippen LogP contribution is -2.55. The molecule has 7 heteroatoms. The molecule has 1 spiro atoms. The van der Waals surface area contributed by atoms with Crippen molar-refractivity contribution in [1.29, 1.82) is 0 Å². The molecule has 2 unspecified atom stereocenters. The Morgan fingerprint density at radius 2 is 1.93 bits per heavy atom. The SMILES string of the molecule is CC(C)(C)[Si](C)(C)ONCCC[C@@]12[C@H]3CCC[C@@H]1OC(O)(C3)[C@@]21CCC(O)O1. The molecule has 6 atom stereocenters. The normalized spacial score (nSPS) is 45.3. The zero-order valence-electron chi connectivity index (χ0n) is 18.2. The third-order valence-corrected chi connectivity index (χ3v) is 12.9. The van der Waals surface area contributed by atoms with E-state index in [2.05, 4.69) is 39.3 Å². The average Bonchev–Trinajstić information content (AvgIpc) is 3.12. The van der Waals surface area contributed by atoms with Crippen molar-refractivity contribution in [2.45, 2.75) is 114 Å². The third-order valence-electron chi connectivity index (χ3n) is 8.65. The summed E-state index contributed by atoms with van der Waals surface area (Å²) >= 11 is 0. The van der Waals surface area contributed by atoms with Crippen LogP contribution in [0.4, 0.5) is 0 Å². The fraction of sp³-hybridized carbons (Fsp3) is 1.00. The predicted octanol–water partition coefficient (Wildman–Crippen LogP) is 3.44. The van der Waals surface area contributed by atoms with Gasteiger partial charge in [0.25, 0.3) is 0 Å². The molecule has 0 aromatic carbocycles. The Morgan fingerprint density at radius 1 is 1.18 bits per heavy atom. The molecule has 6 nitrogen and oxygen atoms in total. The highest BCUT2D eigenvalue weighted by molar-refractivity contribution is 6.74. The van der Waals surface area contributed by atoms with Crippen LogP contribution in [0, 0.1) is 11.3 Å². The second kappa shape index (κ2) is 6.74. The molecule has 2 aliphatic heterocycles. The summed E-state index contributed by atoms with van der Waals surface area (Å²) in [5, 5.41) is 21.7. The summed E-state index contributed by atoms with van der Waals surface area (Å²) in [4.78, 5) is 0. The van der Waals surface area contributed by atoms with Crippen LogP contribution in [-0.2, 0) is 14.0 Å². The summed E-state index contributed by atoms with van der Waals surface area (Å²) in [5.74, 6) is -0.817. The lowest BCUT2D eigenvalue weighted by atomic mass is 9.58. The van der Waals surface area contributed by atoms with E-state index in [9.17, 15) is 10.2 Å². The average molecular weight is 414 g/mol. The molecule has 2 aliphatic carbocycles. The van der Waals surface area contributed by atoms with E-state index in [1.807, 2.05) is 0 Å². The van der Waals surface area contributed by atoms with Gasteiger partial charge >= 0.3 is 0 Å². The number of nitrogens with one attached hydrogen (secondary N) is 1. The summed E-state index contributed by atoms with van der Waals surface area (Å²) in [5.41, 5.74) is 2.32. The number of hydroxylamine groups is 1. The van der Waals surface area contributed by atoms with Gasteiger partial charge in [0.2, 0.25) is 8.32 Å². The van der Waals surface area contributed by atoms with Gasteiger partial charge < -0.3 is 24.2 Å². The van der Waals surface area contributed by atoms with Gasteiger partial charge in [0.15, 0.2) is 12.1 Å². The summed E-state index contributed by atoms with van der Waals surface area (Å²) in [7, 11) is -1.81. The van der Waals surface area contributed by atoms with Crippen LogP contribution in [0.25, 0.3) is 0 Å². The lowest BCUT2D eigenvalue weighted by molar-refractivity contribution is -0.283. The van der Waals surface area contributed by atoms with Crippen LogP contribution in [0.3, 0.4) is 0 Å². The van der Waals surface area contributed by atoms with Crippen molar-refractivity contribution in [2.24, 2.45) is 11.3 Å². The van der Waals surface area contributed by atoms with Gasteiger partial charge in [0.05, 0.1) is 6.10 Å². The number of aliphatic hydroxyl groups excluding tert-OH is 1. The highest BCUT2D eigenvalue weighted by Crippen LogP contribution is 2.74. The second-order valence-electron chi connectivity index (χ2n) is 11.1. The van der Waals surface area contributed by atoms with Crippen LogP contribution in [0.1, 0.15) is 72.1 Å². The Morgan fingerprint density at radius 3 is 2.54 bits per heavy atom. The molecule has 4 aliphatic rings. The molecule has 28 heavy (non-hydrogen) atoms. The zero-order valence-corrected chi connectivity index (χ0v) is 19.2. The molecule has 4 fully saturated rings. The molecule has 2 saturated heterocycles. The van der Waals surface area contributed by atoms with E-state index in [1.165, 1.54) is 0 Å². The Hall–Kier alpha value is -0.0231. The van der Waals surface area contributed by atoms with E-state index in [0.29, 0.717) is 25.2 Å². The topological polar surface area (TPSA) is 80.2 Å². The van der Waals surface area contributed by atoms with Crippen molar-refractivity contribution in [3.05, 3.63) is 0 Å². The smallest absolute Gasteiger partial charge is 0.219 e. The number of hydrogen-bond donors (Lipinski definition) is 3. The molecule has 0 aromatic rings. The molecule has 162 valence electrons. The van der Waals surface area contributed by atoms with Gasteiger partial charge in [-0.15, -0.1) is 0 Å². The van der Waals surface area contributed by atoms with Crippen LogP contribution in [-0.4, -0.2) is 48.9 Å². The van der Waals surface area contributed by atoms with E-state index in [-0.39, 0.29) is 16.6 Å². The van der Waals surface area contributed by atoms with Crippen LogP contribution in [0.15, 0.2) is 0 Å². The standard InChI is InChI=1S/C21H39NO5Si/c1-18(2,3)28(4,5)27-22-13-7-11-19-15-8-6-9-16(19)25-21(24,14-15)20(19)12-10-17(23)26-20/h15-17,22-24H,6-14H2,1-5H3/t15-,16-,17?,19+,20+,21?/m0/s1. The highest BCUT2D eigenvalue weighted by Gasteiger charge is 2.82. The first-order valence-corrected chi connectivity index (χ1v) is 14.1. The third kappa shape index (κ3) is 2.81. The first-order chi connectivity index (χ1) is 13.0. The molecule has 2 heterocycles. The first-order valence-electron chi connectivity index (χ1n) is 11.1. The van der Waals surface area contributed by atoms with Crippen molar-refractivity contribution in [3.63, 3.8) is 0 Å². The number of hydrogen-bond acceptors (Lipinski definition) is 6. The maximum Gasteiger partial charge on any atom is 0.219 e.